The van der Waals surface area contributed by atoms with Gasteiger partial charge in [0.15, 0.2) is 0 Å². The van der Waals surface area contributed by atoms with Gasteiger partial charge in [0.25, 0.3) is 0 Å². The van der Waals surface area contributed by atoms with Gasteiger partial charge in [-0.25, -0.2) is 5.43 Å². The number of fused-ring (bicyclic) bond motifs is 1. The summed E-state index contributed by atoms with van der Waals surface area (Å²) in [6, 6.07) is 18.6. The number of hydrazine groups is 1. The fraction of sp³-hybridized carbons (Fsp3) is 0.133. The zero-order valence-electron chi connectivity index (χ0n) is 10.7. The van der Waals surface area contributed by atoms with Gasteiger partial charge >= 0.3 is 0 Å². The lowest BCUT2D eigenvalue weighted by Gasteiger charge is -2.39. The third-order valence-electron chi connectivity index (χ3n) is 3.29. The molecule has 0 fully saturated rings. The number of hydrogen-bond acceptors (Lipinski definition) is 3. The number of nitrogens with zero attached hydrogens (tertiary/aromatic N) is 2. The van der Waals surface area contributed by atoms with Gasteiger partial charge in [0.05, 0.1) is 5.69 Å². The molecular weight excluding hydrogens is 254 g/mol. The fourth-order valence-corrected chi connectivity index (χ4v) is 2.64. The normalized spacial score (nSPS) is 14.5. The first-order chi connectivity index (χ1) is 9.31. The molecule has 0 amide bonds. The van der Waals surface area contributed by atoms with Crippen molar-refractivity contribution in [2.75, 3.05) is 18.6 Å². The van der Waals surface area contributed by atoms with E-state index < -0.39 is 0 Å². The minimum atomic E-state index is 0.705. The molecule has 1 heterocycles. The molecule has 0 spiro atoms. The highest BCUT2D eigenvalue weighted by molar-refractivity contribution is 7.80. The summed E-state index contributed by atoms with van der Waals surface area (Å²) in [4.78, 5) is 3.09. The van der Waals surface area contributed by atoms with Crippen molar-refractivity contribution in [3.05, 3.63) is 60.2 Å². The van der Waals surface area contributed by atoms with Crippen LogP contribution >= 0.6 is 12.2 Å². The lowest BCUT2D eigenvalue weighted by atomic mass is 10.1. The van der Waals surface area contributed by atoms with Crippen LogP contribution in [0.3, 0.4) is 0 Å². The summed E-state index contributed by atoms with van der Waals surface area (Å²) in [6.45, 7) is 0.705. The molecule has 1 N–H and O–H groups in total. The van der Waals surface area contributed by atoms with Crippen LogP contribution in [0.1, 0.15) is 5.56 Å². The molecule has 0 saturated heterocycles. The number of nitrogens with one attached hydrogen (secondary N) is 1. The molecule has 0 atom stereocenters. The third-order valence-corrected chi connectivity index (χ3v) is 3.73. The molecule has 0 aliphatic carbocycles. The first kappa shape index (κ1) is 12.1. The van der Waals surface area contributed by atoms with Crippen LogP contribution in [0.15, 0.2) is 54.6 Å². The van der Waals surface area contributed by atoms with E-state index in [0.717, 1.165) is 21.9 Å². The summed E-state index contributed by atoms with van der Waals surface area (Å²) in [6.07, 6.45) is 0. The second kappa shape index (κ2) is 4.99. The maximum Gasteiger partial charge on any atom is 0.127 e. The van der Waals surface area contributed by atoms with Gasteiger partial charge in [-0.3, -0.25) is 5.01 Å². The zero-order valence-corrected chi connectivity index (χ0v) is 11.5. The Balaban J connectivity index is 2.11. The van der Waals surface area contributed by atoms with E-state index in [9.17, 15) is 0 Å². The van der Waals surface area contributed by atoms with Crippen molar-refractivity contribution in [3.63, 3.8) is 0 Å². The van der Waals surface area contributed by atoms with Crippen molar-refractivity contribution in [1.29, 1.82) is 0 Å². The molecular formula is C15H15N3S. The van der Waals surface area contributed by atoms with E-state index in [1.54, 1.807) is 0 Å². The first-order valence-electron chi connectivity index (χ1n) is 6.22. The SMILES string of the molecule is CNN1CN(c2ccccc2)c2ccccc2C1=S. The Morgan fingerprint density at radius 2 is 1.68 bits per heavy atom. The molecule has 4 heteroatoms. The smallest absolute Gasteiger partial charge is 0.127 e. The van der Waals surface area contributed by atoms with E-state index in [1.807, 2.05) is 30.3 Å². The van der Waals surface area contributed by atoms with E-state index in [4.69, 9.17) is 12.2 Å². The largest absolute Gasteiger partial charge is 0.321 e. The predicted molar refractivity (Wildman–Crippen MR) is 82.5 cm³/mol. The van der Waals surface area contributed by atoms with Crippen molar-refractivity contribution < 1.29 is 0 Å². The average Bonchev–Trinajstić information content (AvgIpc) is 2.49. The van der Waals surface area contributed by atoms with Crippen LogP contribution in [0.4, 0.5) is 11.4 Å². The molecule has 2 aromatic rings. The van der Waals surface area contributed by atoms with Gasteiger partial charge in [0.1, 0.15) is 11.7 Å². The Labute approximate surface area is 118 Å². The molecule has 96 valence electrons. The molecule has 0 aromatic heterocycles. The molecule has 19 heavy (non-hydrogen) atoms. The van der Waals surface area contributed by atoms with Crippen molar-refractivity contribution in [1.82, 2.24) is 10.4 Å². The second-order valence-corrected chi connectivity index (χ2v) is 4.77. The van der Waals surface area contributed by atoms with Crippen LogP contribution in [0.2, 0.25) is 0 Å². The van der Waals surface area contributed by atoms with Crippen molar-refractivity contribution in [3.8, 4) is 0 Å². The molecule has 0 unspecified atom stereocenters. The van der Waals surface area contributed by atoms with Crippen LogP contribution in [0, 0.1) is 0 Å². The van der Waals surface area contributed by atoms with Crippen LogP contribution in [0.25, 0.3) is 0 Å². The molecule has 2 aromatic carbocycles. The quantitative estimate of drug-likeness (QED) is 0.845. The summed E-state index contributed by atoms with van der Waals surface area (Å²) < 4.78 is 0. The van der Waals surface area contributed by atoms with Gasteiger partial charge in [0.2, 0.25) is 0 Å². The number of anilines is 2. The van der Waals surface area contributed by atoms with Crippen LogP contribution in [0.5, 0.6) is 0 Å². The maximum atomic E-state index is 5.52. The van der Waals surface area contributed by atoms with Gasteiger partial charge in [-0.15, -0.1) is 0 Å². The van der Waals surface area contributed by atoms with Crippen molar-refractivity contribution >= 4 is 28.6 Å². The Bertz CT molecular complexity index is 597. The zero-order chi connectivity index (χ0) is 13.2. The van der Waals surface area contributed by atoms with Crippen LogP contribution < -0.4 is 10.3 Å². The lowest BCUT2D eigenvalue weighted by molar-refractivity contribution is 0.347. The summed E-state index contributed by atoms with van der Waals surface area (Å²) in [7, 11) is 1.89. The first-order valence-corrected chi connectivity index (χ1v) is 6.63. The van der Waals surface area contributed by atoms with Crippen molar-refractivity contribution in [2.24, 2.45) is 0 Å². The summed E-state index contributed by atoms with van der Waals surface area (Å²) in [5.41, 5.74) is 6.55. The Morgan fingerprint density at radius 3 is 2.42 bits per heavy atom. The van der Waals surface area contributed by atoms with E-state index in [2.05, 4.69) is 46.7 Å². The van der Waals surface area contributed by atoms with Crippen LogP contribution in [-0.2, 0) is 0 Å². The molecule has 0 saturated carbocycles. The topological polar surface area (TPSA) is 18.5 Å². The molecule has 3 rings (SSSR count). The third kappa shape index (κ3) is 2.09. The van der Waals surface area contributed by atoms with E-state index in [0.29, 0.717) is 6.67 Å². The Hall–Kier alpha value is -1.91. The Kier molecular flexibility index (Phi) is 3.19. The van der Waals surface area contributed by atoms with Crippen molar-refractivity contribution in [2.45, 2.75) is 0 Å². The number of rotatable bonds is 2. The highest BCUT2D eigenvalue weighted by Gasteiger charge is 2.26. The van der Waals surface area contributed by atoms with E-state index in [-0.39, 0.29) is 0 Å². The average molecular weight is 269 g/mol. The molecule has 0 bridgehead atoms. The number of para-hydroxylation sites is 2. The molecule has 1 aliphatic rings. The van der Waals surface area contributed by atoms with E-state index in [1.165, 1.54) is 0 Å². The standard InChI is InChI=1S/C15H15N3S/c1-16-18-11-17(12-7-3-2-4-8-12)14-10-6-5-9-13(14)15(18)19/h2-10,16H,11H2,1H3. The van der Waals surface area contributed by atoms with Crippen LogP contribution in [-0.4, -0.2) is 23.7 Å². The number of benzene rings is 2. The molecule has 3 nitrogen and oxygen atoms in total. The van der Waals surface area contributed by atoms with Gasteiger partial charge in [-0.1, -0.05) is 42.5 Å². The van der Waals surface area contributed by atoms with E-state index >= 15 is 0 Å². The minimum Gasteiger partial charge on any atom is -0.321 e. The number of thiocarbonyl (C=S) groups is 1. The fourth-order valence-electron chi connectivity index (χ4n) is 2.32. The maximum absolute atomic E-state index is 5.52. The Morgan fingerprint density at radius 1 is 1.00 bits per heavy atom. The minimum absolute atomic E-state index is 0.705. The second-order valence-electron chi connectivity index (χ2n) is 4.38. The summed E-state index contributed by atoms with van der Waals surface area (Å²) in [5.74, 6) is 0. The lowest BCUT2D eigenvalue weighted by Crippen LogP contribution is -2.49. The van der Waals surface area contributed by atoms with Gasteiger partial charge < -0.3 is 4.90 Å². The highest BCUT2D eigenvalue weighted by Crippen LogP contribution is 2.32. The van der Waals surface area contributed by atoms with Gasteiger partial charge in [0, 0.05) is 18.3 Å². The predicted octanol–water partition coefficient (Wildman–Crippen LogP) is 2.91. The molecule has 1 aliphatic heterocycles. The summed E-state index contributed by atoms with van der Waals surface area (Å²) in [5, 5.41) is 1.98. The number of hydrogen-bond donors (Lipinski definition) is 1. The molecule has 0 radical (unpaired) electrons. The van der Waals surface area contributed by atoms with Gasteiger partial charge in [-0.2, -0.15) is 0 Å². The summed E-state index contributed by atoms with van der Waals surface area (Å²) >= 11 is 5.52. The van der Waals surface area contributed by atoms with Gasteiger partial charge in [-0.05, 0) is 24.3 Å². The highest BCUT2D eigenvalue weighted by atomic mass is 32.1. The monoisotopic (exact) mass is 269 g/mol.